The van der Waals surface area contributed by atoms with Gasteiger partial charge >= 0.3 is 11.9 Å². The molecule has 0 fully saturated rings. The SMILES string of the molecule is N#CC(C(=O)O)C(CC(=O)O)c1ccc(F)cc1. The van der Waals surface area contributed by atoms with Crippen molar-refractivity contribution in [2.24, 2.45) is 5.92 Å². The molecule has 2 unspecified atom stereocenters. The minimum Gasteiger partial charge on any atom is -0.481 e. The van der Waals surface area contributed by atoms with E-state index in [1.807, 2.05) is 0 Å². The van der Waals surface area contributed by atoms with Crippen LogP contribution in [0.3, 0.4) is 0 Å². The van der Waals surface area contributed by atoms with Gasteiger partial charge in [0.2, 0.25) is 0 Å². The van der Waals surface area contributed by atoms with Gasteiger partial charge < -0.3 is 10.2 Å². The molecule has 0 bridgehead atoms. The Hall–Kier alpha value is -2.42. The second-order valence-electron chi connectivity index (χ2n) is 3.70. The van der Waals surface area contributed by atoms with Crippen molar-refractivity contribution in [1.29, 1.82) is 5.26 Å². The average molecular weight is 251 g/mol. The highest BCUT2D eigenvalue weighted by atomic mass is 19.1. The number of benzene rings is 1. The molecule has 94 valence electrons. The number of hydrogen-bond acceptors (Lipinski definition) is 3. The summed E-state index contributed by atoms with van der Waals surface area (Å²) in [5.74, 6) is -5.62. The van der Waals surface area contributed by atoms with Crippen LogP contribution in [0.5, 0.6) is 0 Å². The van der Waals surface area contributed by atoms with Gasteiger partial charge in [-0.05, 0) is 17.7 Å². The summed E-state index contributed by atoms with van der Waals surface area (Å²) in [6.07, 6.45) is -0.504. The lowest BCUT2D eigenvalue weighted by atomic mass is 9.84. The van der Waals surface area contributed by atoms with Crippen molar-refractivity contribution >= 4 is 11.9 Å². The van der Waals surface area contributed by atoms with Crippen LogP contribution in [0.25, 0.3) is 0 Å². The molecule has 5 nitrogen and oxygen atoms in total. The molecule has 0 saturated heterocycles. The van der Waals surface area contributed by atoms with Crippen LogP contribution in [0.4, 0.5) is 4.39 Å². The Morgan fingerprint density at radius 2 is 1.83 bits per heavy atom. The van der Waals surface area contributed by atoms with Gasteiger partial charge in [-0.15, -0.1) is 0 Å². The molecule has 1 aromatic carbocycles. The van der Waals surface area contributed by atoms with Crippen molar-refractivity contribution in [2.75, 3.05) is 0 Å². The summed E-state index contributed by atoms with van der Waals surface area (Å²) < 4.78 is 12.8. The standard InChI is InChI=1S/C12H10FNO4/c13-8-3-1-7(2-4-8)9(5-11(15)16)10(6-14)12(17)18/h1-4,9-10H,5H2,(H,15,16)(H,17,18). The molecule has 0 spiro atoms. The van der Waals surface area contributed by atoms with Crippen LogP contribution < -0.4 is 0 Å². The molecule has 0 amide bonds. The van der Waals surface area contributed by atoms with E-state index >= 15 is 0 Å². The van der Waals surface area contributed by atoms with Gasteiger partial charge in [-0.2, -0.15) is 5.26 Å². The van der Waals surface area contributed by atoms with Gasteiger partial charge in [-0.1, -0.05) is 12.1 Å². The maximum absolute atomic E-state index is 12.8. The highest BCUT2D eigenvalue weighted by Crippen LogP contribution is 2.28. The van der Waals surface area contributed by atoms with Gasteiger partial charge in [-0.3, -0.25) is 9.59 Å². The van der Waals surface area contributed by atoms with Crippen LogP contribution in [0.1, 0.15) is 17.9 Å². The predicted molar refractivity (Wildman–Crippen MR) is 58.1 cm³/mol. The number of carboxylic acid groups (broad SMARTS) is 2. The van der Waals surface area contributed by atoms with Gasteiger partial charge in [0.05, 0.1) is 12.5 Å². The largest absolute Gasteiger partial charge is 0.481 e. The third kappa shape index (κ3) is 3.28. The molecule has 0 heterocycles. The average Bonchev–Trinajstić information content (AvgIpc) is 2.28. The Balaban J connectivity index is 3.12. The Kier molecular flexibility index (Phi) is 4.38. The molecule has 2 N–H and O–H groups in total. The van der Waals surface area contributed by atoms with E-state index in [9.17, 15) is 14.0 Å². The quantitative estimate of drug-likeness (QED) is 0.828. The molecule has 0 aliphatic heterocycles. The number of carboxylic acids is 2. The fourth-order valence-electron chi connectivity index (χ4n) is 1.64. The number of nitriles is 1. The van der Waals surface area contributed by atoms with Crippen LogP contribution in [0.2, 0.25) is 0 Å². The molecule has 1 aromatic rings. The lowest BCUT2D eigenvalue weighted by molar-refractivity contribution is -0.141. The van der Waals surface area contributed by atoms with Gasteiger partial charge in [0, 0.05) is 5.92 Å². The highest BCUT2D eigenvalue weighted by Gasteiger charge is 2.31. The van der Waals surface area contributed by atoms with Crippen molar-refractivity contribution in [3.8, 4) is 6.07 Å². The lowest BCUT2D eigenvalue weighted by Gasteiger charge is -2.17. The topological polar surface area (TPSA) is 98.4 Å². The van der Waals surface area contributed by atoms with Crippen LogP contribution >= 0.6 is 0 Å². The summed E-state index contributed by atoms with van der Waals surface area (Å²) in [5.41, 5.74) is 0.313. The van der Waals surface area contributed by atoms with Crippen molar-refractivity contribution in [1.82, 2.24) is 0 Å². The maximum Gasteiger partial charge on any atom is 0.321 e. The van der Waals surface area contributed by atoms with Crippen molar-refractivity contribution in [3.05, 3.63) is 35.6 Å². The molecule has 2 atom stereocenters. The van der Waals surface area contributed by atoms with E-state index in [-0.39, 0.29) is 0 Å². The molecule has 0 radical (unpaired) electrons. The molecule has 0 saturated carbocycles. The van der Waals surface area contributed by atoms with E-state index in [2.05, 4.69) is 0 Å². The molecule has 6 heteroatoms. The fourth-order valence-corrected chi connectivity index (χ4v) is 1.64. The molecule has 18 heavy (non-hydrogen) atoms. The first-order valence-corrected chi connectivity index (χ1v) is 5.05. The minimum absolute atomic E-state index is 0.313. The van der Waals surface area contributed by atoms with Crippen molar-refractivity contribution in [2.45, 2.75) is 12.3 Å². The fraction of sp³-hybridized carbons (Fsp3) is 0.250. The first-order valence-electron chi connectivity index (χ1n) is 5.05. The molecule has 0 aliphatic carbocycles. The van der Waals surface area contributed by atoms with E-state index < -0.39 is 36.0 Å². The number of halogens is 1. The molecule has 1 rings (SSSR count). The summed E-state index contributed by atoms with van der Waals surface area (Å²) in [6.45, 7) is 0. The summed E-state index contributed by atoms with van der Waals surface area (Å²) in [6, 6.07) is 6.33. The Bertz CT molecular complexity index is 492. The lowest BCUT2D eigenvalue weighted by Crippen LogP contribution is -2.23. The van der Waals surface area contributed by atoms with Gasteiger partial charge in [-0.25, -0.2) is 4.39 Å². The van der Waals surface area contributed by atoms with Crippen LogP contribution in [-0.4, -0.2) is 22.2 Å². The van der Waals surface area contributed by atoms with Gasteiger partial charge in [0.25, 0.3) is 0 Å². The van der Waals surface area contributed by atoms with Gasteiger partial charge in [0.15, 0.2) is 5.92 Å². The Labute approximate surface area is 102 Å². The highest BCUT2D eigenvalue weighted by molar-refractivity contribution is 5.76. The van der Waals surface area contributed by atoms with E-state index in [0.717, 1.165) is 12.1 Å². The number of aliphatic carboxylic acids is 2. The zero-order valence-corrected chi connectivity index (χ0v) is 9.21. The molecular formula is C12H10FNO4. The van der Waals surface area contributed by atoms with Crippen molar-refractivity contribution < 1.29 is 24.2 Å². The van der Waals surface area contributed by atoms with E-state index in [0.29, 0.717) is 5.56 Å². The number of nitrogens with zero attached hydrogens (tertiary/aromatic N) is 1. The van der Waals surface area contributed by atoms with Crippen LogP contribution in [0.15, 0.2) is 24.3 Å². The summed E-state index contributed by atoms with van der Waals surface area (Å²) >= 11 is 0. The van der Waals surface area contributed by atoms with E-state index in [4.69, 9.17) is 15.5 Å². The summed E-state index contributed by atoms with van der Waals surface area (Å²) in [7, 11) is 0. The summed E-state index contributed by atoms with van der Waals surface area (Å²) in [4.78, 5) is 21.6. The molecule has 0 aliphatic rings. The van der Waals surface area contributed by atoms with E-state index in [1.54, 1.807) is 6.07 Å². The maximum atomic E-state index is 12.8. The first kappa shape index (κ1) is 13.6. The number of rotatable bonds is 5. The monoisotopic (exact) mass is 251 g/mol. The first-order chi connectivity index (χ1) is 8.45. The smallest absolute Gasteiger partial charge is 0.321 e. The predicted octanol–water partition coefficient (Wildman–Crippen LogP) is 1.61. The van der Waals surface area contributed by atoms with Crippen LogP contribution in [-0.2, 0) is 9.59 Å². The molecular weight excluding hydrogens is 241 g/mol. The minimum atomic E-state index is -1.48. The van der Waals surface area contributed by atoms with Crippen LogP contribution in [0, 0.1) is 23.1 Å². The zero-order valence-electron chi connectivity index (χ0n) is 9.21. The molecule has 0 aromatic heterocycles. The number of carbonyl (C=O) groups is 2. The van der Waals surface area contributed by atoms with Crippen molar-refractivity contribution in [3.63, 3.8) is 0 Å². The second kappa shape index (κ2) is 5.77. The Morgan fingerprint density at radius 1 is 1.28 bits per heavy atom. The second-order valence-corrected chi connectivity index (χ2v) is 3.70. The third-order valence-electron chi connectivity index (χ3n) is 2.50. The normalized spacial score (nSPS) is 13.3. The number of hydrogen-bond donors (Lipinski definition) is 2. The van der Waals surface area contributed by atoms with Gasteiger partial charge in [0.1, 0.15) is 5.82 Å². The van der Waals surface area contributed by atoms with E-state index in [1.165, 1.54) is 12.1 Å². The summed E-state index contributed by atoms with van der Waals surface area (Å²) in [5, 5.41) is 26.4. The zero-order chi connectivity index (χ0) is 13.7. The third-order valence-corrected chi connectivity index (χ3v) is 2.50. The Morgan fingerprint density at radius 3 is 2.22 bits per heavy atom.